The molecule has 1 aromatic carbocycles. The van der Waals surface area contributed by atoms with E-state index in [0.29, 0.717) is 5.56 Å². The van der Waals surface area contributed by atoms with Gasteiger partial charge >= 0.3 is 18.0 Å². The molecule has 10 heteroatoms. The van der Waals surface area contributed by atoms with Crippen LogP contribution >= 0.6 is 0 Å². The minimum absolute atomic E-state index is 0.0893. The Labute approximate surface area is 166 Å². The van der Waals surface area contributed by atoms with Crippen molar-refractivity contribution < 1.29 is 23.9 Å². The number of nitrogens with two attached hydrogens (primary N) is 1. The number of esters is 2. The summed E-state index contributed by atoms with van der Waals surface area (Å²) >= 11 is 0. The van der Waals surface area contributed by atoms with Gasteiger partial charge in [0.1, 0.15) is 6.61 Å². The van der Waals surface area contributed by atoms with Crippen LogP contribution in [0.2, 0.25) is 0 Å². The van der Waals surface area contributed by atoms with Crippen molar-refractivity contribution >= 4 is 23.8 Å². The van der Waals surface area contributed by atoms with E-state index in [1.807, 2.05) is 6.07 Å². The van der Waals surface area contributed by atoms with Crippen LogP contribution in [0.4, 0.5) is 10.6 Å². The van der Waals surface area contributed by atoms with Gasteiger partial charge in [-0.1, -0.05) is 30.3 Å². The fraction of sp³-hybridized carbons (Fsp3) is 0.211. The summed E-state index contributed by atoms with van der Waals surface area (Å²) in [6.07, 6.45) is 2.64. The van der Waals surface area contributed by atoms with Gasteiger partial charge in [0.15, 0.2) is 11.5 Å². The van der Waals surface area contributed by atoms with Crippen molar-refractivity contribution in [3.05, 3.63) is 65.3 Å². The number of urea groups is 1. The SMILES string of the molecule is CCOC(=O)C1=C(COC(=O)c2nccnc2N)NC(=O)N[C@@H]1c1ccccc1. The third kappa shape index (κ3) is 4.49. The molecule has 0 saturated heterocycles. The van der Waals surface area contributed by atoms with Crippen LogP contribution in [0.1, 0.15) is 29.0 Å². The third-order valence-electron chi connectivity index (χ3n) is 4.05. The number of nitrogens with one attached hydrogen (secondary N) is 2. The van der Waals surface area contributed by atoms with Crippen molar-refractivity contribution in [2.24, 2.45) is 0 Å². The number of carbonyl (C=O) groups is 3. The van der Waals surface area contributed by atoms with Crippen molar-refractivity contribution in [2.45, 2.75) is 13.0 Å². The Bertz CT molecular complexity index is 960. The lowest BCUT2D eigenvalue weighted by Gasteiger charge is -2.29. The average molecular weight is 397 g/mol. The first kappa shape index (κ1) is 19.8. The fourth-order valence-electron chi connectivity index (χ4n) is 2.79. The van der Waals surface area contributed by atoms with Crippen molar-refractivity contribution in [1.82, 2.24) is 20.6 Å². The van der Waals surface area contributed by atoms with Crippen LogP contribution in [0.15, 0.2) is 54.0 Å². The van der Waals surface area contributed by atoms with Gasteiger partial charge in [-0.2, -0.15) is 0 Å². The molecule has 0 aliphatic carbocycles. The molecule has 1 atom stereocenters. The summed E-state index contributed by atoms with van der Waals surface area (Å²) < 4.78 is 10.3. The first-order valence-corrected chi connectivity index (χ1v) is 8.77. The van der Waals surface area contributed by atoms with Crippen LogP contribution in [0.5, 0.6) is 0 Å². The number of nitrogen functional groups attached to an aromatic ring is 1. The highest BCUT2D eigenvalue weighted by atomic mass is 16.5. The van der Waals surface area contributed by atoms with Crippen molar-refractivity contribution in [2.75, 3.05) is 18.9 Å². The number of carbonyl (C=O) groups excluding carboxylic acids is 3. The lowest BCUT2D eigenvalue weighted by atomic mass is 9.95. The summed E-state index contributed by atoms with van der Waals surface area (Å²) in [5, 5.41) is 5.20. The number of hydrogen-bond acceptors (Lipinski definition) is 8. The molecule has 4 N–H and O–H groups in total. The number of aromatic nitrogens is 2. The number of anilines is 1. The molecule has 2 amide bonds. The maximum Gasteiger partial charge on any atom is 0.361 e. The van der Waals surface area contributed by atoms with Crippen LogP contribution in [-0.2, 0) is 14.3 Å². The molecule has 0 radical (unpaired) electrons. The molecule has 1 aliphatic rings. The van der Waals surface area contributed by atoms with E-state index in [1.165, 1.54) is 12.4 Å². The highest BCUT2D eigenvalue weighted by Crippen LogP contribution is 2.28. The molecule has 10 nitrogen and oxygen atoms in total. The summed E-state index contributed by atoms with van der Waals surface area (Å²) in [6.45, 7) is 1.42. The van der Waals surface area contributed by atoms with E-state index in [1.54, 1.807) is 31.2 Å². The number of benzene rings is 1. The van der Waals surface area contributed by atoms with Gasteiger partial charge in [-0.25, -0.2) is 24.4 Å². The number of amides is 2. The summed E-state index contributed by atoms with van der Waals surface area (Å²) in [5.41, 5.74) is 6.38. The van der Waals surface area contributed by atoms with E-state index in [0.717, 1.165) is 0 Å². The molecule has 0 unspecified atom stereocenters. The Balaban J connectivity index is 1.92. The van der Waals surface area contributed by atoms with Gasteiger partial charge in [-0.05, 0) is 12.5 Å². The zero-order valence-electron chi connectivity index (χ0n) is 15.5. The zero-order valence-corrected chi connectivity index (χ0v) is 15.5. The van der Waals surface area contributed by atoms with E-state index < -0.39 is 24.0 Å². The molecule has 0 saturated carbocycles. The predicted octanol–water partition coefficient (Wildman–Crippen LogP) is 1.09. The quantitative estimate of drug-likeness (QED) is 0.614. The smallest absolute Gasteiger partial charge is 0.361 e. The third-order valence-corrected chi connectivity index (χ3v) is 4.05. The molecule has 0 bridgehead atoms. The van der Waals surface area contributed by atoms with Crippen LogP contribution in [0, 0.1) is 0 Å². The summed E-state index contributed by atoms with van der Waals surface area (Å²) in [5.74, 6) is -1.57. The Morgan fingerprint density at radius 3 is 2.52 bits per heavy atom. The van der Waals surface area contributed by atoms with Crippen molar-refractivity contribution in [3.8, 4) is 0 Å². The van der Waals surface area contributed by atoms with Crippen LogP contribution in [0.3, 0.4) is 0 Å². The maximum absolute atomic E-state index is 12.6. The highest BCUT2D eigenvalue weighted by Gasteiger charge is 2.34. The molecular formula is C19H19N5O5. The summed E-state index contributed by atoms with van der Waals surface area (Å²) in [4.78, 5) is 44.7. The topological polar surface area (TPSA) is 146 Å². The number of nitrogens with zero attached hydrogens (tertiary/aromatic N) is 2. The van der Waals surface area contributed by atoms with Crippen molar-refractivity contribution in [1.29, 1.82) is 0 Å². The minimum Gasteiger partial charge on any atom is -0.463 e. The zero-order chi connectivity index (χ0) is 20.8. The van der Waals surface area contributed by atoms with Crippen LogP contribution < -0.4 is 16.4 Å². The molecule has 0 fully saturated rings. The predicted molar refractivity (Wildman–Crippen MR) is 101 cm³/mol. The standard InChI is InChI=1S/C19H19N5O5/c1-2-28-17(25)13-12(10-29-18(26)15-16(20)22-9-8-21-15)23-19(27)24-14(13)11-6-4-3-5-7-11/h3-9,14H,2,10H2,1H3,(H2,20,22)(H2,23,24,27)/t14-/m1/s1. The number of hydrogen-bond donors (Lipinski definition) is 3. The van der Waals surface area contributed by atoms with E-state index in [2.05, 4.69) is 20.6 Å². The Morgan fingerprint density at radius 1 is 1.10 bits per heavy atom. The Morgan fingerprint density at radius 2 is 1.83 bits per heavy atom. The van der Waals surface area contributed by atoms with Gasteiger partial charge in [0.25, 0.3) is 0 Å². The van der Waals surface area contributed by atoms with E-state index >= 15 is 0 Å². The van der Waals surface area contributed by atoms with E-state index in [-0.39, 0.29) is 36.0 Å². The highest BCUT2D eigenvalue weighted by molar-refractivity contribution is 5.96. The second kappa shape index (κ2) is 8.83. The van der Waals surface area contributed by atoms with E-state index in [9.17, 15) is 14.4 Å². The second-order valence-corrected chi connectivity index (χ2v) is 5.92. The molecule has 3 rings (SSSR count). The van der Waals surface area contributed by atoms with Gasteiger partial charge in [0, 0.05) is 12.4 Å². The van der Waals surface area contributed by atoms with Crippen LogP contribution in [-0.4, -0.2) is 41.2 Å². The Kier molecular flexibility index (Phi) is 6.03. The molecule has 2 heterocycles. The first-order valence-electron chi connectivity index (χ1n) is 8.77. The summed E-state index contributed by atoms with van der Waals surface area (Å²) in [6, 6.07) is 7.59. The molecule has 0 spiro atoms. The van der Waals surface area contributed by atoms with Gasteiger partial charge in [-0.15, -0.1) is 0 Å². The Hall–Kier alpha value is -3.95. The molecule has 1 aliphatic heterocycles. The molecule has 1 aromatic heterocycles. The largest absolute Gasteiger partial charge is 0.463 e. The van der Waals surface area contributed by atoms with Gasteiger partial charge < -0.3 is 25.8 Å². The minimum atomic E-state index is -0.838. The van der Waals surface area contributed by atoms with Gasteiger partial charge in [0.05, 0.1) is 23.9 Å². The molecular weight excluding hydrogens is 378 g/mol. The molecule has 29 heavy (non-hydrogen) atoms. The monoisotopic (exact) mass is 397 g/mol. The fourth-order valence-corrected chi connectivity index (χ4v) is 2.79. The van der Waals surface area contributed by atoms with Gasteiger partial charge in [-0.3, -0.25) is 0 Å². The number of rotatable bonds is 6. The maximum atomic E-state index is 12.6. The average Bonchev–Trinajstić information content (AvgIpc) is 2.72. The molecule has 2 aromatic rings. The lowest BCUT2D eigenvalue weighted by Crippen LogP contribution is -2.47. The summed E-state index contributed by atoms with van der Waals surface area (Å²) in [7, 11) is 0. The number of ether oxygens (including phenoxy) is 2. The van der Waals surface area contributed by atoms with Crippen molar-refractivity contribution in [3.63, 3.8) is 0 Å². The van der Waals surface area contributed by atoms with E-state index in [4.69, 9.17) is 15.2 Å². The normalized spacial score (nSPS) is 15.9. The first-order chi connectivity index (χ1) is 14.0. The van der Waals surface area contributed by atoms with Gasteiger partial charge in [0.2, 0.25) is 0 Å². The lowest BCUT2D eigenvalue weighted by molar-refractivity contribution is -0.139. The van der Waals surface area contributed by atoms with Crippen LogP contribution in [0.25, 0.3) is 0 Å². The second-order valence-electron chi connectivity index (χ2n) is 5.92. The molecule has 150 valence electrons.